The van der Waals surface area contributed by atoms with Crippen molar-refractivity contribution in [3.8, 4) is 28.8 Å². The van der Waals surface area contributed by atoms with Crippen LogP contribution in [0.5, 0.6) is 17.5 Å². The third-order valence-corrected chi connectivity index (χ3v) is 6.71. The van der Waals surface area contributed by atoms with Gasteiger partial charge in [-0.05, 0) is 69.2 Å². The van der Waals surface area contributed by atoms with Gasteiger partial charge < -0.3 is 15.2 Å². The Morgan fingerprint density at radius 2 is 1.74 bits per heavy atom. The van der Waals surface area contributed by atoms with Crippen LogP contribution in [0, 0.1) is 20.8 Å². The van der Waals surface area contributed by atoms with E-state index in [1.54, 1.807) is 24.4 Å². The number of nitrogen functional groups attached to an aromatic ring is 1. The van der Waals surface area contributed by atoms with Gasteiger partial charge in [-0.15, -0.1) is 0 Å². The molecule has 0 saturated carbocycles. The number of nitrogens with two attached hydrogens (primary N) is 1. The summed E-state index contributed by atoms with van der Waals surface area (Å²) in [6, 6.07) is 14.5. The van der Waals surface area contributed by atoms with Crippen LogP contribution in [-0.4, -0.2) is 35.9 Å². The number of ether oxygens (including phenoxy) is 2. The van der Waals surface area contributed by atoms with Gasteiger partial charge in [-0.2, -0.15) is 8.42 Å². The number of anilines is 1. The van der Waals surface area contributed by atoms with Crippen LogP contribution < -0.4 is 19.9 Å². The molecule has 11 heteroatoms. The molecule has 3 N–H and O–H groups in total. The molecule has 1 aromatic carbocycles. The number of aryl methyl sites for hydroxylation is 3. The average molecular weight is 534 g/mol. The number of aromatic nitrogens is 3. The lowest BCUT2D eigenvalue weighted by Crippen LogP contribution is -2.31. The van der Waals surface area contributed by atoms with Gasteiger partial charge in [0.1, 0.15) is 17.1 Å². The van der Waals surface area contributed by atoms with Crippen molar-refractivity contribution in [1.29, 1.82) is 0 Å². The Morgan fingerprint density at radius 1 is 1.00 bits per heavy atom. The van der Waals surface area contributed by atoms with Crippen molar-refractivity contribution in [2.24, 2.45) is 0 Å². The molecule has 0 aliphatic heterocycles. The summed E-state index contributed by atoms with van der Waals surface area (Å²) in [5.41, 5.74) is 9.37. The summed E-state index contributed by atoms with van der Waals surface area (Å²) in [6.45, 7) is 8.07. The van der Waals surface area contributed by atoms with E-state index < -0.39 is 15.9 Å². The highest BCUT2D eigenvalue weighted by molar-refractivity contribution is 7.90. The second kappa shape index (κ2) is 10.9. The number of benzene rings is 1. The monoisotopic (exact) mass is 533 g/mol. The second-order valence-corrected chi connectivity index (χ2v) is 10.2. The Bertz CT molecular complexity index is 1580. The SMILES string of the molecule is CCOc1ccc(-c2ccc(C(=O)NS(=O)(=O)c3cccc(N)n3)c(Oc3c(C)cc(C)cc3C)n2)cn1. The lowest BCUT2D eigenvalue weighted by atomic mass is 10.1. The van der Waals surface area contributed by atoms with Crippen LogP contribution in [0.15, 0.2) is 65.8 Å². The van der Waals surface area contributed by atoms with E-state index >= 15 is 0 Å². The Hall–Kier alpha value is -4.51. The number of nitrogens with one attached hydrogen (secondary N) is 1. The van der Waals surface area contributed by atoms with Gasteiger partial charge in [0.05, 0.1) is 12.3 Å². The zero-order valence-electron chi connectivity index (χ0n) is 21.3. The highest BCUT2D eigenvalue weighted by Crippen LogP contribution is 2.32. The first-order valence-electron chi connectivity index (χ1n) is 11.7. The summed E-state index contributed by atoms with van der Waals surface area (Å²) in [6.07, 6.45) is 1.59. The quantitative estimate of drug-likeness (QED) is 0.337. The zero-order chi connectivity index (χ0) is 27.4. The molecule has 0 saturated heterocycles. The molecule has 0 fully saturated rings. The van der Waals surface area contributed by atoms with Gasteiger partial charge in [0, 0.05) is 17.8 Å². The fraction of sp³-hybridized carbons (Fsp3) is 0.185. The topological polar surface area (TPSA) is 146 Å². The van der Waals surface area contributed by atoms with Crippen LogP contribution >= 0.6 is 0 Å². The molecule has 0 aliphatic carbocycles. The number of carbonyl (C=O) groups is 1. The standard InChI is InChI=1S/C27H27N5O5S/c1-5-36-23-12-9-19(15-29-23)21-11-10-20(26(33)32-38(34,35)24-8-6-7-22(28)31-24)27(30-21)37-25-17(3)13-16(2)14-18(25)4/h6-15H,5H2,1-4H3,(H2,28,31)(H,32,33). The molecule has 4 aromatic rings. The van der Waals surface area contributed by atoms with Crippen LogP contribution in [0.25, 0.3) is 11.3 Å². The second-order valence-electron chi connectivity index (χ2n) is 8.53. The number of amides is 1. The third kappa shape index (κ3) is 5.89. The molecule has 38 heavy (non-hydrogen) atoms. The van der Waals surface area contributed by atoms with Crippen LogP contribution in [-0.2, 0) is 10.0 Å². The van der Waals surface area contributed by atoms with Crippen molar-refractivity contribution in [3.63, 3.8) is 0 Å². The molecule has 10 nitrogen and oxygen atoms in total. The number of hydrogen-bond acceptors (Lipinski definition) is 9. The molecule has 4 rings (SSSR count). The van der Waals surface area contributed by atoms with Gasteiger partial charge in [0.25, 0.3) is 15.9 Å². The van der Waals surface area contributed by atoms with Crippen molar-refractivity contribution in [3.05, 3.63) is 83.0 Å². The van der Waals surface area contributed by atoms with Crippen molar-refractivity contribution in [2.75, 3.05) is 12.3 Å². The maximum atomic E-state index is 13.2. The van der Waals surface area contributed by atoms with Crippen molar-refractivity contribution in [2.45, 2.75) is 32.7 Å². The van der Waals surface area contributed by atoms with E-state index in [0.29, 0.717) is 29.5 Å². The first-order chi connectivity index (χ1) is 18.1. The summed E-state index contributed by atoms with van der Waals surface area (Å²) in [4.78, 5) is 25.8. The number of rotatable bonds is 8. The van der Waals surface area contributed by atoms with Crippen LogP contribution in [0.3, 0.4) is 0 Å². The van der Waals surface area contributed by atoms with Gasteiger partial charge in [-0.1, -0.05) is 23.8 Å². The number of pyridine rings is 3. The predicted molar refractivity (Wildman–Crippen MR) is 143 cm³/mol. The molecule has 1 amide bonds. The minimum Gasteiger partial charge on any atom is -0.478 e. The number of sulfonamides is 1. The highest BCUT2D eigenvalue weighted by atomic mass is 32.2. The van der Waals surface area contributed by atoms with Gasteiger partial charge in [0.15, 0.2) is 5.03 Å². The molecular weight excluding hydrogens is 506 g/mol. The lowest BCUT2D eigenvalue weighted by Gasteiger charge is -2.16. The highest BCUT2D eigenvalue weighted by Gasteiger charge is 2.25. The summed E-state index contributed by atoms with van der Waals surface area (Å²) >= 11 is 0. The molecule has 0 aliphatic rings. The molecule has 3 aromatic heterocycles. The Kier molecular flexibility index (Phi) is 7.58. The van der Waals surface area contributed by atoms with E-state index in [2.05, 4.69) is 15.0 Å². The predicted octanol–water partition coefficient (Wildman–Crippen LogP) is 4.36. The van der Waals surface area contributed by atoms with Crippen LogP contribution in [0.4, 0.5) is 5.82 Å². The lowest BCUT2D eigenvalue weighted by molar-refractivity contribution is 0.0978. The minimum absolute atomic E-state index is 0.00431. The molecular formula is C27H27N5O5S. The molecule has 0 bridgehead atoms. The van der Waals surface area contributed by atoms with E-state index in [0.717, 1.165) is 16.7 Å². The number of carbonyl (C=O) groups excluding carboxylic acids is 1. The molecule has 3 heterocycles. The first-order valence-corrected chi connectivity index (χ1v) is 13.2. The van der Waals surface area contributed by atoms with Gasteiger partial charge in [0.2, 0.25) is 11.8 Å². The summed E-state index contributed by atoms with van der Waals surface area (Å²) < 4.78 is 39.2. The maximum Gasteiger partial charge on any atom is 0.281 e. The molecule has 0 atom stereocenters. The summed E-state index contributed by atoms with van der Waals surface area (Å²) in [7, 11) is -4.31. The Balaban J connectivity index is 1.75. The average Bonchev–Trinajstić information content (AvgIpc) is 2.86. The van der Waals surface area contributed by atoms with E-state index in [9.17, 15) is 13.2 Å². The minimum atomic E-state index is -4.31. The van der Waals surface area contributed by atoms with Crippen molar-refractivity contribution < 1.29 is 22.7 Å². The van der Waals surface area contributed by atoms with E-state index in [1.165, 1.54) is 24.3 Å². The van der Waals surface area contributed by atoms with Crippen LogP contribution in [0.1, 0.15) is 34.0 Å². The van der Waals surface area contributed by atoms with Gasteiger partial charge in [-0.25, -0.2) is 19.7 Å². The van der Waals surface area contributed by atoms with E-state index in [4.69, 9.17) is 15.2 Å². The smallest absolute Gasteiger partial charge is 0.281 e. The molecule has 196 valence electrons. The van der Waals surface area contributed by atoms with Gasteiger partial charge >= 0.3 is 0 Å². The zero-order valence-corrected chi connectivity index (χ0v) is 22.2. The van der Waals surface area contributed by atoms with E-state index in [1.807, 2.05) is 44.5 Å². The molecule has 0 spiro atoms. The number of nitrogens with zero attached hydrogens (tertiary/aromatic N) is 3. The molecule has 0 unspecified atom stereocenters. The number of hydrogen-bond donors (Lipinski definition) is 2. The fourth-order valence-electron chi connectivity index (χ4n) is 3.85. The first kappa shape index (κ1) is 26.6. The van der Waals surface area contributed by atoms with Crippen molar-refractivity contribution in [1.82, 2.24) is 19.7 Å². The normalized spacial score (nSPS) is 11.2. The fourth-order valence-corrected chi connectivity index (χ4v) is 4.79. The van der Waals surface area contributed by atoms with Crippen LogP contribution in [0.2, 0.25) is 0 Å². The molecule has 0 radical (unpaired) electrons. The van der Waals surface area contributed by atoms with Gasteiger partial charge in [-0.3, -0.25) is 4.79 Å². The summed E-state index contributed by atoms with van der Waals surface area (Å²) in [5.74, 6) is -0.0192. The summed E-state index contributed by atoms with van der Waals surface area (Å²) in [5, 5.41) is -0.386. The Labute approximate surface area is 220 Å². The van der Waals surface area contributed by atoms with Crippen molar-refractivity contribution >= 4 is 21.7 Å². The van der Waals surface area contributed by atoms with E-state index in [-0.39, 0.29) is 22.3 Å². The third-order valence-electron chi connectivity index (χ3n) is 5.48. The maximum absolute atomic E-state index is 13.2. The largest absolute Gasteiger partial charge is 0.478 e. The Morgan fingerprint density at radius 3 is 2.37 bits per heavy atom.